The van der Waals surface area contributed by atoms with Gasteiger partial charge in [0.25, 0.3) is 0 Å². The van der Waals surface area contributed by atoms with Crippen molar-refractivity contribution in [2.24, 2.45) is 0 Å². The van der Waals surface area contributed by atoms with Gasteiger partial charge in [-0.05, 0) is 32.1 Å². The lowest BCUT2D eigenvalue weighted by molar-refractivity contribution is -0.220. The third-order valence-corrected chi connectivity index (χ3v) is 10.6. The zero-order valence-electron chi connectivity index (χ0n) is 32.6. The molecule has 53 heavy (non-hydrogen) atoms. The topological polar surface area (TPSA) is 210 Å². The van der Waals surface area contributed by atoms with E-state index in [2.05, 4.69) is 26.0 Å². The van der Waals surface area contributed by atoms with Crippen LogP contribution in [0.1, 0.15) is 168 Å². The minimum Gasteiger partial charge on any atom is -0.462 e. The first-order valence-electron chi connectivity index (χ1n) is 20.5. The molecule has 6 unspecified atom stereocenters. The van der Waals surface area contributed by atoms with Gasteiger partial charge in [-0.3, -0.25) is 18.6 Å². The minimum atomic E-state index is -5.11. The predicted octanol–water partition coefficient (Wildman–Crippen LogP) is 6.72. The Morgan fingerprint density at radius 3 is 1.51 bits per heavy atom. The summed E-state index contributed by atoms with van der Waals surface area (Å²) >= 11 is 0. The molecule has 1 fully saturated rings. The molecule has 6 atom stereocenters. The Kier molecular flexibility index (Phi) is 28.8. The van der Waals surface area contributed by atoms with E-state index in [0.717, 1.165) is 64.2 Å². The average Bonchev–Trinajstić information content (AvgIpc) is 3.13. The quantitative estimate of drug-likeness (QED) is 0.0177. The molecule has 0 aromatic carbocycles. The van der Waals surface area contributed by atoms with Crippen LogP contribution in [0.25, 0.3) is 0 Å². The van der Waals surface area contributed by atoms with Crippen LogP contribution in [0.4, 0.5) is 0 Å². The number of unbranched alkanes of at least 4 members (excludes halogenated alkanes) is 19. The van der Waals surface area contributed by atoms with Crippen LogP contribution in [0, 0.1) is 0 Å². The Bertz CT molecular complexity index is 996. The second-order valence-electron chi connectivity index (χ2n) is 14.5. The van der Waals surface area contributed by atoms with E-state index < -0.39 is 75.7 Å². The van der Waals surface area contributed by atoms with Crippen LogP contribution >= 0.6 is 7.82 Å². The van der Waals surface area contributed by atoms with E-state index >= 15 is 0 Å². The highest BCUT2D eigenvalue weighted by atomic mass is 31.2. The summed E-state index contributed by atoms with van der Waals surface area (Å²) in [6.45, 7) is 3.20. The maximum atomic E-state index is 12.7. The third-order valence-electron chi connectivity index (χ3n) is 9.59. The Balaban J connectivity index is 2.50. The normalized spacial score (nSPS) is 23.5. The monoisotopic (exact) mass is 780 g/mol. The molecule has 1 aliphatic rings. The molecular weight excluding hydrogens is 707 g/mol. The Hall–Kier alpha value is -1.41. The van der Waals surface area contributed by atoms with Crippen LogP contribution < -0.4 is 0 Å². The number of rotatable bonds is 33. The van der Waals surface area contributed by atoms with E-state index in [1.165, 1.54) is 64.2 Å². The summed E-state index contributed by atoms with van der Waals surface area (Å²) in [5.74, 6) is -1.11. The largest absolute Gasteiger partial charge is 0.472 e. The van der Waals surface area contributed by atoms with Gasteiger partial charge in [-0.1, -0.05) is 135 Å². The second kappa shape index (κ2) is 30.8. The first-order valence-corrected chi connectivity index (χ1v) is 22.0. The van der Waals surface area contributed by atoms with E-state index in [1.54, 1.807) is 0 Å². The van der Waals surface area contributed by atoms with Crippen LogP contribution in [0.3, 0.4) is 0 Å². The Labute approximate surface area is 318 Å². The third kappa shape index (κ3) is 24.0. The summed E-state index contributed by atoms with van der Waals surface area (Å²) in [5, 5.41) is 49.9. The molecule has 0 aromatic rings. The molecule has 1 saturated carbocycles. The molecule has 0 radical (unpaired) electrons. The highest BCUT2D eigenvalue weighted by Gasteiger charge is 2.51. The first kappa shape index (κ1) is 49.6. The number of phosphoric ester groups is 1. The number of esters is 2. The molecule has 6 N–H and O–H groups in total. The van der Waals surface area contributed by atoms with E-state index in [4.69, 9.17) is 18.5 Å². The van der Waals surface area contributed by atoms with Crippen molar-refractivity contribution in [2.75, 3.05) is 13.2 Å². The van der Waals surface area contributed by atoms with Crippen molar-refractivity contribution in [2.45, 2.75) is 211 Å². The Morgan fingerprint density at radius 2 is 1.00 bits per heavy atom. The molecule has 14 heteroatoms. The van der Waals surface area contributed by atoms with Crippen molar-refractivity contribution in [3.05, 3.63) is 12.2 Å². The molecule has 0 aliphatic heterocycles. The molecule has 0 spiro atoms. The van der Waals surface area contributed by atoms with Gasteiger partial charge in [0.15, 0.2) is 6.10 Å². The van der Waals surface area contributed by atoms with Crippen molar-refractivity contribution in [1.82, 2.24) is 0 Å². The fraction of sp³-hybridized carbons (Fsp3) is 0.897. The number of aliphatic hydroxyl groups excluding tert-OH is 5. The SMILES string of the molecule is CCC/C=C\CCCCCCCC(=O)OC(COC(=O)CCCCCCCCCCCCCCCC)COP(=O)(O)OC1C(O)C(O)C(O)C(O)C1O. The van der Waals surface area contributed by atoms with Gasteiger partial charge in [0.2, 0.25) is 0 Å². The maximum absolute atomic E-state index is 12.7. The van der Waals surface area contributed by atoms with Crippen molar-refractivity contribution in [3.8, 4) is 0 Å². The average molecular weight is 781 g/mol. The van der Waals surface area contributed by atoms with Crippen molar-refractivity contribution < 1.29 is 63.1 Å². The number of hydrogen-bond donors (Lipinski definition) is 6. The molecule has 0 aromatic heterocycles. The van der Waals surface area contributed by atoms with Gasteiger partial charge in [0.05, 0.1) is 6.61 Å². The van der Waals surface area contributed by atoms with Gasteiger partial charge in [0.1, 0.15) is 43.2 Å². The van der Waals surface area contributed by atoms with Crippen molar-refractivity contribution >= 4 is 19.8 Å². The smallest absolute Gasteiger partial charge is 0.462 e. The number of allylic oxidation sites excluding steroid dienone is 2. The molecule has 13 nitrogen and oxygen atoms in total. The summed E-state index contributed by atoms with van der Waals surface area (Å²) in [4.78, 5) is 35.4. The first-order chi connectivity index (χ1) is 25.4. The fourth-order valence-electron chi connectivity index (χ4n) is 6.23. The van der Waals surface area contributed by atoms with Gasteiger partial charge in [-0.25, -0.2) is 4.57 Å². The second-order valence-corrected chi connectivity index (χ2v) is 15.9. The molecule has 0 saturated heterocycles. The fourth-order valence-corrected chi connectivity index (χ4v) is 7.20. The van der Waals surface area contributed by atoms with E-state index in [0.29, 0.717) is 12.8 Å². The van der Waals surface area contributed by atoms with Gasteiger partial charge in [-0.2, -0.15) is 0 Å². The predicted molar refractivity (Wildman–Crippen MR) is 203 cm³/mol. The number of hydrogen-bond acceptors (Lipinski definition) is 12. The van der Waals surface area contributed by atoms with Gasteiger partial charge in [-0.15, -0.1) is 0 Å². The number of carbonyl (C=O) groups is 2. The summed E-state index contributed by atoms with van der Waals surface area (Å²) < 4.78 is 33.3. The number of phosphoric acid groups is 1. The minimum absolute atomic E-state index is 0.0890. The van der Waals surface area contributed by atoms with Crippen molar-refractivity contribution in [1.29, 1.82) is 0 Å². The lowest BCUT2D eigenvalue weighted by atomic mass is 9.85. The standard InChI is InChI=1S/C39H73O13P/c1-3-5-7-9-11-13-15-16-17-18-20-21-23-25-27-32(40)49-29-31(51-33(41)28-26-24-22-19-14-12-10-8-6-4-2)30-50-53(47,48)52-39-37(45)35(43)34(42)36(44)38(39)46/h8,10,31,34-39,42-46H,3-7,9,11-30H2,1-2H3,(H,47,48)/b10-8-. The molecule has 312 valence electrons. The lowest BCUT2D eigenvalue weighted by Crippen LogP contribution is -2.64. The van der Waals surface area contributed by atoms with Gasteiger partial charge < -0.3 is 39.9 Å². The highest BCUT2D eigenvalue weighted by Crippen LogP contribution is 2.47. The molecule has 0 bridgehead atoms. The number of carbonyl (C=O) groups excluding carboxylic acids is 2. The lowest BCUT2D eigenvalue weighted by Gasteiger charge is -2.41. The number of ether oxygens (including phenoxy) is 2. The van der Waals surface area contributed by atoms with Crippen LogP contribution in [-0.4, -0.2) is 98.3 Å². The Morgan fingerprint density at radius 1 is 0.566 bits per heavy atom. The summed E-state index contributed by atoms with van der Waals surface area (Å²) in [6.07, 6.45) is 15.8. The van der Waals surface area contributed by atoms with Gasteiger partial charge in [0, 0.05) is 12.8 Å². The molecule has 0 amide bonds. The maximum Gasteiger partial charge on any atom is 0.472 e. The zero-order valence-corrected chi connectivity index (χ0v) is 33.5. The molecular formula is C39H73O13P. The number of aliphatic hydroxyl groups is 5. The van der Waals surface area contributed by atoms with Crippen LogP contribution in [0.2, 0.25) is 0 Å². The van der Waals surface area contributed by atoms with Gasteiger partial charge >= 0.3 is 19.8 Å². The summed E-state index contributed by atoms with van der Waals surface area (Å²) in [6, 6.07) is 0. The zero-order chi connectivity index (χ0) is 39.3. The van der Waals surface area contributed by atoms with Crippen LogP contribution in [-0.2, 0) is 32.7 Å². The van der Waals surface area contributed by atoms with E-state index in [-0.39, 0.29) is 12.8 Å². The van der Waals surface area contributed by atoms with E-state index in [1.807, 2.05) is 0 Å². The molecule has 1 aliphatic carbocycles. The van der Waals surface area contributed by atoms with Crippen LogP contribution in [0.15, 0.2) is 12.2 Å². The molecule has 1 rings (SSSR count). The highest BCUT2D eigenvalue weighted by molar-refractivity contribution is 7.47. The summed E-state index contributed by atoms with van der Waals surface area (Å²) in [7, 11) is -5.11. The van der Waals surface area contributed by atoms with Crippen LogP contribution in [0.5, 0.6) is 0 Å². The van der Waals surface area contributed by atoms with E-state index in [9.17, 15) is 44.6 Å². The van der Waals surface area contributed by atoms with Crippen molar-refractivity contribution in [3.63, 3.8) is 0 Å². The summed E-state index contributed by atoms with van der Waals surface area (Å²) in [5.41, 5.74) is 0. The molecule has 0 heterocycles.